The van der Waals surface area contributed by atoms with Crippen LogP contribution in [0.15, 0.2) is 30.3 Å². The van der Waals surface area contributed by atoms with E-state index in [1.165, 1.54) is 42.5 Å². The first-order valence-electron chi connectivity index (χ1n) is 7.88. The number of hydrogen-bond acceptors (Lipinski definition) is 3. The van der Waals surface area contributed by atoms with Crippen molar-refractivity contribution >= 4 is 11.3 Å². The molecule has 2 N–H and O–H groups in total. The number of nitrogens with two attached hydrogens (primary N) is 1. The molecule has 1 heterocycles. The van der Waals surface area contributed by atoms with E-state index >= 15 is 0 Å². The summed E-state index contributed by atoms with van der Waals surface area (Å²) in [6.07, 6.45) is 6.42. The van der Waals surface area contributed by atoms with Gasteiger partial charge in [0.25, 0.3) is 0 Å². The number of thiophene rings is 1. The molecule has 112 valence electrons. The maximum absolute atomic E-state index is 6.53. The monoisotopic (exact) mass is 301 g/mol. The average Bonchev–Trinajstić information content (AvgIpc) is 2.78. The molecule has 2 aromatic rings. The normalized spacial score (nSPS) is 16.1. The van der Waals surface area contributed by atoms with E-state index in [9.17, 15) is 0 Å². The van der Waals surface area contributed by atoms with Crippen LogP contribution in [0.4, 0.5) is 0 Å². The molecule has 1 atom stereocenters. The number of aryl methyl sites for hydroxylation is 2. The Bertz CT molecular complexity index is 582. The lowest BCUT2D eigenvalue weighted by atomic mass is 10.0. The molecule has 3 heteroatoms. The third-order valence-corrected chi connectivity index (χ3v) is 5.45. The second-order valence-corrected chi connectivity index (χ2v) is 6.77. The Morgan fingerprint density at radius 2 is 2.00 bits per heavy atom. The Morgan fingerprint density at radius 3 is 2.86 bits per heavy atom. The molecule has 21 heavy (non-hydrogen) atoms. The summed E-state index contributed by atoms with van der Waals surface area (Å²) in [4.78, 5) is 2.82. The molecule has 1 aromatic heterocycles. The fourth-order valence-corrected chi connectivity index (χ4v) is 4.30. The molecule has 0 aliphatic heterocycles. The van der Waals surface area contributed by atoms with Gasteiger partial charge in [0.15, 0.2) is 0 Å². The largest absolute Gasteiger partial charge is 0.494 e. The predicted molar refractivity (Wildman–Crippen MR) is 89.2 cm³/mol. The van der Waals surface area contributed by atoms with Crippen LogP contribution >= 0.6 is 11.3 Å². The third-order valence-electron chi connectivity index (χ3n) is 4.13. The quantitative estimate of drug-likeness (QED) is 0.846. The van der Waals surface area contributed by atoms with E-state index in [2.05, 4.69) is 12.1 Å². The molecule has 1 aliphatic rings. The fraction of sp³-hybridized carbons (Fsp3) is 0.444. The minimum atomic E-state index is -0.0790. The molecule has 1 aromatic carbocycles. The minimum absolute atomic E-state index is 0.0790. The van der Waals surface area contributed by atoms with Crippen molar-refractivity contribution in [1.82, 2.24) is 0 Å². The van der Waals surface area contributed by atoms with Gasteiger partial charge in [-0.15, -0.1) is 11.3 Å². The molecule has 0 bridgehead atoms. The molecule has 0 fully saturated rings. The Morgan fingerprint density at radius 1 is 1.19 bits per heavy atom. The van der Waals surface area contributed by atoms with Crippen LogP contribution in [-0.2, 0) is 12.8 Å². The summed E-state index contributed by atoms with van der Waals surface area (Å²) in [5, 5.41) is 0. The summed E-state index contributed by atoms with van der Waals surface area (Å²) in [5.41, 5.74) is 9.15. The highest BCUT2D eigenvalue weighted by Crippen LogP contribution is 2.36. The van der Waals surface area contributed by atoms with Gasteiger partial charge in [-0.1, -0.05) is 24.6 Å². The minimum Gasteiger partial charge on any atom is -0.494 e. The van der Waals surface area contributed by atoms with Crippen molar-refractivity contribution in [3.8, 4) is 5.75 Å². The van der Waals surface area contributed by atoms with E-state index in [1.54, 1.807) is 4.88 Å². The zero-order chi connectivity index (χ0) is 14.7. The van der Waals surface area contributed by atoms with Crippen molar-refractivity contribution in [2.75, 3.05) is 6.61 Å². The highest BCUT2D eigenvalue weighted by molar-refractivity contribution is 7.12. The Balaban J connectivity index is 1.90. The van der Waals surface area contributed by atoms with Crippen LogP contribution in [-0.4, -0.2) is 6.61 Å². The third kappa shape index (κ3) is 3.14. The van der Waals surface area contributed by atoms with Crippen LogP contribution in [0, 0.1) is 0 Å². The van der Waals surface area contributed by atoms with E-state index in [1.807, 2.05) is 36.5 Å². The van der Waals surface area contributed by atoms with Crippen LogP contribution in [0.5, 0.6) is 5.75 Å². The second-order valence-electron chi connectivity index (χ2n) is 5.61. The number of hydrogen-bond donors (Lipinski definition) is 1. The highest BCUT2D eigenvalue weighted by Gasteiger charge is 2.19. The first kappa shape index (κ1) is 14.6. The van der Waals surface area contributed by atoms with Gasteiger partial charge in [-0.2, -0.15) is 0 Å². The Labute approximate surface area is 130 Å². The van der Waals surface area contributed by atoms with E-state index in [-0.39, 0.29) is 6.04 Å². The number of ether oxygens (including phenoxy) is 1. The highest BCUT2D eigenvalue weighted by atomic mass is 32.1. The second kappa shape index (κ2) is 6.63. The number of fused-ring (bicyclic) bond motifs is 1. The van der Waals surface area contributed by atoms with Crippen molar-refractivity contribution in [3.05, 3.63) is 51.2 Å². The van der Waals surface area contributed by atoms with Gasteiger partial charge >= 0.3 is 0 Å². The van der Waals surface area contributed by atoms with Crippen LogP contribution in [0.1, 0.15) is 53.1 Å². The van der Waals surface area contributed by atoms with Crippen LogP contribution in [0.3, 0.4) is 0 Å². The van der Waals surface area contributed by atoms with Gasteiger partial charge in [0.1, 0.15) is 5.75 Å². The molecule has 2 nitrogen and oxygen atoms in total. The number of benzene rings is 1. The standard InChI is InChI=1S/C18H23NOS/c1-2-20-15-10-7-6-9-14(15)18(19)17-12-13-8-4-3-5-11-16(13)21-17/h6-7,9-10,12,18H,2-5,8,11,19H2,1H3. The summed E-state index contributed by atoms with van der Waals surface area (Å²) in [7, 11) is 0. The summed E-state index contributed by atoms with van der Waals surface area (Å²) < 4.78 is 5.73. The van der Waals surface area contributed by atoms with Crippen molar-refractivity contribution in [2.45, 2.75) is 45.1 Å². The fourth-order valence-electron chi connectivity index (χ4n) is 3.02. The van der Waals surface area contributed by atoms with E-state index < -0.39 is 0 Å². The van der Waals surface area contributed by atoms with Gasteiger partial charge in [-0.25, -0.2) is 0 Å². The SMILES string of the molecule is CCOc1ccccc1C(N)c1cc2c(s1)CCCCC2. The average molecular weight is 301 g/mol. The molecular formula is C18H23NOS. The predicted octanol–water partition coefficient (Wildman–Crippen LogP) is 4.46. The van der Waals surface area contributed by atoms with Crippen molar-refractivity contribution in [3.63, 3.8) is 0 Å². The molecule has 0 saturated carbocycles. The van der Waals surface area contributed by atoms with Crippen LogP contribution in [0.2, 0.25) is 0 Å². The first-order valence-corrected chi connectivity index (χ1v) is 8.70. The number of rotatable bonds is 4. The lowest BCUT2D eigenvalue weighted by molar-refractivity contribution is 0.335. The molecule has 1 aliphatic carbocycles. The van der Waals surface area contributed by atoms with E-state index in [0.717, 1.165) is 11.3 Å². The maximum atomic E-state index is 6.53. The molecule has 3 rings (SSSR count). The molecule has 0 saturated heterocycles. The number of para-hydroxylation sites is 1. The van der Waals surface area contributed by atoms with Crippen LogP contribution < -0.4 is 10.5 Å². The zero-order valence-electron chi connectivity index (χ0n) is 12.6. The smallest absolute Gasteiger partial charge is 0.124 e. The van der Waals surface area contributed by atoms with Gasteiger partial charge in [0.2, 0.25) is 0 Å². The van der Waals surface area contributed by atoms with Crippen molar-refractivity contribution in [1.29, 1.82) is 0 Å². The maximum Gasteiger partial charge on any atom is 0.124 e. The summed E-state index contributed by atoms with van der Waals surface area (Å²) in [5.74, 6) is 0.913. The summed E-state index contributed by atoms with van der Waals surface area (Å²) >= 11 is 1.90. The summed E-state index contributed by atoms with van der Waals surface area (Å²) in [6, 6.07) is 10.4. The van der Waals surface area contributed by atoms with Crippen LogP contribution in [0.25, 0.3) is 0 Å². The van der Waals surface area contributed by atoms with Gasteiger partial charge in [-0.05, 0) is 50.3 Å². The lowest BCUT2D eigenvalue weighted by Crippen LogP contribution is -2.12. The zero-order valence-corrected chi connectivity index (χ0v) is 13.4. The van der Waals surface area contributed by atoms with Crippen molar-refractivity contribution < 1.29 is 4.74 Å². The Kier molecular flexibility index (Phi) is 4.61. The molecule has 1 unspecified atom stereocenters. The van der Waals surface area contributed by atoms with Gasteiger partial charge < -0.3 is 10.5 Å². The van der Waals surface area contributed by atoms with Gasteiger partial charge in [0, 0.05) is 15.3 Å². The summed E-state index contributed by atoms with van der Waals surface area (Å²) in [6.45, 7) is 2.68. The molecular weight excluding hydrogens is 278 g/mol. The van der Waals surface area contributed by atoms with E-state index in [4.69, 9.17) is 10.5 Å². The van der Waals surface area contributed by atoms with Gasteiger partial charge in [0.05, 0.1) is 12.6 Å². The van der Waals surface area contributed by atoms with E-state index in [0.29, 0.717) is 6.61 Å². The molecule has 0 spiro atoms. The lowest BCUT2D eigenvalue weighted by Gasteiger charge is -2.15. The Hall–Kier alpha value is -1.32. The molecule has 0 amide bonds. The topological polar surface area (TPSA) is 35.2 Å². The first-order chi connectivity index (χ1) is 10.3. The van der Waals surface area contributed by atoms with Crippen molar-refractivity contribution in [2.24, 2.45) is 5.73 Å². The van der Waals surface area contributed by atoms with Gasteiger partial charge in [-0.3, -0.25) is 0 Å². The molecule has 0 radical (unpaired) electrons.